The van der Waals surface area contributed by atoms with Gasteiger partial charge in [-0.15, -0.1) is 5.06 Å². The molecule has 0 bridgehead atoms. The first-order valence-electron chi connectivity index (χ1n) is 8.58. The Morgan fingerprint density at radius 2 is 1.70 bits per heavy atom. The fraction of sp³-hybridized carbons (Fsp3) is 0.250. The molecule has 1 unspecified atom stereocenters. The minimum absolute atomic E-state index is 0.0572. The summed E-state index contributed by atoms with van der Waals surface area (Å²) in [7, 11) is 0. The predicted octanol–water partition coefficient (Wildman–Crippen LogP) is 3.67. The van der Waals surface area contributed by atoms with Gasteiger partial charge in [0.1, 0.15) is 13.2 Å². The van der Waals surface area contributed by atoms with Crippen LogP contribution in [0.3, 0.4) is 0 Å². The molecule has 27 heavy (non-hydrogen) atoms. The van der Waals surface area contributed by atoms with Crippen LogP contribution in [0, 0.1) is 0 Å². The number of imide groups is 1. The molecular formula is C20H20N2O4S. The van der Waals surface area contributed by atoms with Crippen LogP contribution in [0.25, 0.3) is 0 Å². The van der Waals surface area contributed by atoms with Crippen LogP contribution in [-0.2, 0) is 20.9 Å². The fourth-order valence-corrected chi connectivity index (χ4v) is 3.51. The Morgan fingerprint density at radius 3 is 2.41 bits per heavy atom. The highest BCUT2D eigenvalue weighted by molar-refractivity contribution is 8.15. The smallest absolute Gasteiger partial charge is 0.313 e. The predicted molar refractivity (Wildman–Crippen MR) is 104 cm³/mol. The molecule has 6 nitrogen and oxygen atoms in total. The third kappa shape index (κ3) is 5.18. The maximum Gasteiger partial charge on any atom is 0.313 e. The van der Waals surface area contributed by atoms with Crippen molar-refractivity contribution in [3.8, 4) is 0 Å². The third-order valence-corrected chi connectivity index (χ3v) is 4.96. The van der Waals surface area contributed by atoms with Gasteiger partial charge in [-0.05, 0) is 36.2 Å². The molecule has 0 aromatic heterocycles. The number of carbonyl (C=O) groups excluding carboxylic acids is 2. The monoisotopic (exact) mass is 384 g/mol. The van der Waals surface area contributed by atoms with Gasteiger partial charge in [0.15, 0.2) is 0 Å². The van der Waals surface area contributed by atoms with E-state index in [-0.39, 0.29) is 19.1 Å². The summed E-state index contributed by atoms with van der Waals surface area (Å²) >= 11 is 0.987. The molecule has 1 aliphatic heterocycles. The molecule has 1 atom stereocenters. The Hall–Kier alpha value is -2.64. The second-order valence-electron chi connectivity index (χ2n) is 5.90. The van der Waals surface area contributed by atoms with Gasteiger partial charge in [0.05, 0.1) is 11.0 Å². The van der Waals surface area contributed by atoms with E-state index in [2.05, 4.69) is 5.16 Å². The van der Waals surface area contributed by atoms with Crippen molar-refractivity contribution in [3.05, 3.63) is 71.8 Å². The summed E-state index contributed by atoms with van der Waals surface area (Å²) in [5, 5.41) is 3.98. The van der Waals surface area contributed by atoms with Gasteiger partial charge in [0, 0.05) is 0 Å². The molecule has 0 radical (unpaired) electrons. The Bertz CT molecular complexity index is 811. The zero-order chi connectivity index (χ0) is 19.1. The zero-order valence-electron chi connectivity index (χ0n) is 14.9. The van der Waals surface area contributed by atoms with Crippen LogP contribution in [0.1, 0.15) is 18.1 Å². The van der Waals surface area contributed by atoms with Gasteiger partial charge in [-0.2, -0.15) is 0 Å². The molecule has 2 aromatic rings. The lowest BCUT2D eigenvalue weighted by atomic mass is 10.1. The van der Waals surface area contributed by atoms with Crippen molar-refractivity contribution in [2.45, 2.75) is 18.6 Å². The Morgan fingerprint density at radius 1 is 1.04 bits per heavy atom. The number of hydrogen-bond acceptors (Lipinski definition) is 6. The van der Waals surface area contributed by atoms with Gasteiger partial charge in [0.25, 0.3) is 5.91 Å². The van der Waals surface area contributed by atoms with Crippen LogP contribution >= 0.6 is 11.8 Å². The largest absolute Gasteiger partial charge is 0.393 e. The van der Waals surface area contributed by atoms with Crippen molar-refractivity contribution in [1.29, 1.82) is 0 Å². The number of rotatable bonds is 8. The quantitative estimate of drug-likeness (QED) is 0.395. The molecule has 1 heterocycles. The maximum atomic E-state index is 12.4. The molecular weight excluding hydrogens is 364 g/mol. The van der Waals surface area contributed by atoms with E-state index in [9.17, 15) is 9.59 Å². The van der Waals surface area contributed by atoms with E-state index in [1.165, 1.54) is 0 Å². The first-order valence-corrected chi connectivity index (χ1v) is 9.46. The third-order valence-electron chi connectivity index (χ3n) is 3.94. The van der Waals surface area contributed by atoms with E-state index < -0.39 is 10.5 Å². The van der Waals surface area contributed by atoms with Gasteiger partial charge >= 0.3 is 5.24 Å². The normalized spacial score (nSPS) is 17.4. The van der Waals surface area contributed by atoms with Gasteiger partial charge in [-0.25, -0.2) is 0 Å². The number of thioether (sulfide) groups is 1. The van der Waals surface area contributed by atoms with E-state index >= 15 is 0 Å². The minimum atomic E-state index is -0.459. The van der Waals surface area contributed by atoms with Gasteiger partial charge < -0.3 is 4.84 Å². The standard InChI is InChI=1S/C20H20N2O4S/c1-15(17-10-6-3-7-11-17)21-25-12-13-26-22-19(23)18(27-20(22)24)14-16-8-4-2-5-9-16/h2-11,18H,12-14H2,1H3/b21-15-. The highest BCUT2D eigenvalue weighted by atomic mass is 32.2. The van der Waals surface area contributed by atoms with E-state index in [4.69, 9.17) is 9.68 Å². The summed E-state index contributed by atoms with van der Waals surface area (Å²) < 4.78 is 0. The molecule has 2 amide bonds. The number of nitrogens with zero attached hydrogens (tertiary/aromatic N) is 2. The van der Waals surface area contributed by atoms with Crippen molar-refractivity contribution < 1.29 is 19.3 Å². The summed E-state index contributed by atoms with van der Waals surface area (Å²) in [6, 6.07) is 19.2. The Labute approximate surface area is 162 Å². The SMILES string of the molecule is C/C(=N/OCCON1C(=O)SC(Cc2ccccc2)C1=O)c1ccccc1. The molecule has 3 rings (SSSR count). The fourth-order valence-electron chi connectivity index (χ4n) is 2.55. The highest BCUT2D eigenvalue weighted by Crippen LogP contribution is 2.29. The molecule has 0 saturated carbocycles. The van der Waals surface area contributed by atoms with Gasteiger partial charge in [0.2, 0.25) is 0 Å². The Balaban J connectivity index is 1.44. The second-order valence-corrected chi connectivity index (χ2v) is 7.06. The van der Waals surface area contributed by atoms with Crippen molar-refractivity contribution >= 4 is 28.6 Å². The molecule has 1 fully saturated rings. The minimum Gasteiger partial charge on any atom is -0.393 e. The average Bonchev–Trinajstić information content (AvgIpc) is 2.96. The summed E-state index contributed by atoms with van der Waals surface area (Å²) in [6.45, 7) is 2.03. The van der Waals surface area contributed by atoms with Crippen molar-refractivity contribution in [2.75, 3.05) is 13.2 Å². The van der Waals surface area contributed by atoms with E-state index in [0.29, 0.717) is 6.42 Å². The number of benzene rings is 2. The second kappa shape index (κ2) is 9.34. The summed E-state index contributed by atoms with van der Waals surface area (Å²) in [5.74, 6) is -0.335. The molecule has 0 spiro atoms. The van der Waals surface area contributed by atoms with Crippen LogP contribution in [0.15, 0.2) is 65.8 Å². The first-order chi connectivity index (χ1) is 13.1. The van der Waals surface area contributed by atoms with Crippen LogP contribution < -0.4 is 0 Å². The number of oxime groups is 1. The number of hydroxylamine groups is 2. The van der Waals surface area contributed by atoms with Crippen molar-refractivity contribution in [3.63, 3.8) is 0 Å². The maximum absolute atomic E-state index is 12.4. The van der Waals surface area contributed by atoms with Crippen LogP contribution in [0.2, 0.25) is 0 Å². The van der Waals surface area contributed by atoms with Crippen LogP contribution in [0.5, 0.6) is 0 Å². The summed E-state index contributed by atoms with van der Waals surface area (Å²) in [5.41, 5.74) is 2.71. The number of amides is 2. The van der Waals surface area contributed by atoms with Gasteiger partial charge in [-0.1, -0.05) is 65.8 Å². The Kier molecular flexibility index (Phi) is 6.62. The molecule has 7 heteroatoms. The molecule has 2 aromatic carbocycles. The van der Waals surface area contributed by atoms with Crippen molar-refractivity contribution in [2.24, 2.45) is 5.16 Å². The summed E-state index contributed by atoms with van der Waals surface area (Å²) in [4.78, 5) is 34.9. The lowest BCUT2D eigenvalue weighted by molar-refractivity contribution is -0.167. The molecule has 0 aliphatic carbocycles. The number of hydrogen-bond donors (Lipinski definition) is 0. The van der Waals surface area contributed by atoms with Crippen LogP contribution in [0.4, 0.5) is 4.79 Å². The lowest BCUT2D eigenvalue weighted by Crippen LogP contribution is -2.33. The zero-order valence-corrected chi connectivity index (χ0v) is 15.7. The number of carbonyl (C=O) groups is 2. The van der Waals surface area contributed by atoms with E-state index in [1.807, 2.05) is 67.6 Å². The van der Waals surface area contributed by atoms with E-state index in [1.54, 1.807) is 0 Å². The highest BCUT2D eigenvalue weighted by Gasteiger charge is 2.40. The van der Waals surface area contributed by atoms with Gasteiger partial charge in [-0.3, -0.25) is 14.4 Å². The molecule has 1 saturated heterocycles. The summed E-state index contributed by atoms with van der Waals surface area (Å²) in [6.07, 6.45) is 0.493. The average molecular weight is 384 g/mol. The van der Waals surface area contributed by atoms with E-state index in [0.717, 1.165) is 33.7 Å². The van der Waals surface area contributed by atoms with Crippen LogP contribution in [-0.4, -0.2) is 40.4 Å². The van der Waals surface area contributed by atoms with Crippen molar-refractivity contribution in [1.82, 2.24) is 5.06 Å². The molecule has 0 N–H and O–H groups in total. The molecule has 140 valence electrons. The lowest BCUT2D eigenvalue weighted by Gasteiger charge is -2.13. The first kappa shape index (κ1) is 19.1. The topological polar surface area (TPSA) is 68.2 Å². The molecule has 1 aliphatic rings.